The molecule has 1 saturated heterocycles. The molecule has 1 aromatic carbocycles. The van der Waals surface area contributed by atoms with Crippen LogP contribution in [-0.4, -0.2) is 192 Å². The molecule has 0 radical (unpaired) electrons. The summed E-state index contributed by atoms with van der Waals surface area (Å²) in [5, 5.41) is 73.4. The summed E-state index contributed by atoms with van der Waals surface area (Å²) in [5.41, 5.74) is -4.33. The number of nitro benzene ring substituents is 1. The first-order chi connectivity index (χ1) is 37.2. The van der Waals surface area contributed by atoms with Gasteiger partial charge in [-0.15, -0.1) is 0 Å². The van der Waals surface area contributed by atoms with Gasteiger partial charge in [0.15, 0.2) is 14.6 Å². The van der Waals surface area contributed by atoms with Crippen LogP contribution in [0.2, 0.25) is 18.1 Å². The van der Waals surface area contributed by atoms with Gasteiger partial charge in [-0.3, -0.25) is 14.9 Å². The van der Waals surface area contributed by atoms with Crippen LogP contribution in [0.3, 0.4) is 0 Å². The Kier molecular flexibility index (Phi) is 23.4. The number of aliphatic hydroxyl groups excluding tert-OH is 3. The number of carbonyl (C=O) groups is 5. The molecule has 1 aromatic rings. The van der Waals surface area contributed by atoms with E-state index in [4.69, 9.17) is 37.6 Å². The molecule has 9 N–H and O–H groups in total. The lowest BCUT2D eigenvalue weighted by Gasteiger charge is -2.52. The number of likely N-dealkylation sites (N-methyl/N-ethyl adjacent to an activating group) is 1. The van der Waals surface area contributed by atoms with E-state index < -0.39 is 139 Å². The Labute approximate surface area is 476 Å². The highest BCUT2D eigenvalue weighted by Gasteiger charge is 2.56. The molecule has 0 bridgehead atoms. The van der Waals surface area contributed by atoms with Gasteiger partial charge in [0.05, 0.1) is 36.3 Å². The van der Waals surface area contributed by atoms with E-state index >= 15 is 0 Å². The average Bonchev–Trinajstić information content (AvgIpc) is 3.31. The fraction of sp³-hybridized carbons (Fsp3) is 0.759. The highest BCUT2D eigenvalue weighted by atomic mass is 28.4. The minimum absolute atomic E-state index is 0.103. The second kappa shape index (κ2) is 27.8. The summed E-state index contributed by atoms with van der Waals surface area (Å²) in [6, 6.07) is 0.925. The molecule has 5 amide bonds. The smallest absolute Gasteiger partial charge is 0.410 e. The topological polar surface area (TPSA) is 347 Å². The number of nitro groups is 1. The quantitative estimate of drug-likeness (QED) is 0.0283. The molecular formula is C54H91N7O19Si. The zero-order valence-corrected chi connectivity index (χ0v) is 50.9. The number of alkyl carbamates (subject to hydrolysis) is 3. The van der Waals surface area contributed by atoms with Crippen molar-refractivity contribution < 1.29 is 86.9 Å². The summed E-state index contributed by atoms with van der Waals surface area (Å²) >= 11 is 0. The van der Waals surface area contributed by atoms with Crippen LogP contribution in [0, 0.1) is 16.0 Å². The van der Waals surface area contributed by atoms with Gasteiger partial charge in [0.1, 0.15) is 59.2 Å². The Morgan fingerprint density at radius 1 is 0.840 bits per heavy atom. The van der Waals surface area contributed by atoms with E-state index in [2.05, 4.69) is 60.4 Å². The van der Waals surface area contributed by atoms with Gasteiger partial charge in [-0.25, -0.2) is 19.2 Å². The second-order valence-electron chi connectivity index (χ2n) is 25.6. The first-order valence-corrected chi connectivity index (χ1v) is 30.2. The molecule has 4 rings (SSSR count). The van der Waals surface area contributed by atoms with Crippen LogP contribution in [0.15, 0.2) is 36.1 Å². The van der Waals surface area contributed by atoms with Gasteiger partial charge in [-0.05, 0) is 130 Å². The van der Waals surface area contributed by atoms with Crippen LogP contribution in [-0.2, 0) is 49.0 Å². The molecule has 12 atom stereocenters. The van der Waals surface area contributed by atoms with Gasteiger partial charge in [-0.1, -0.05) is 20.8 Å². The molecule has 460 valence electrons. The van der Waals surface area contributed by atoms with Gasteiger partial charge in [0.2, 0.25) is 5.91 Å². The van der Waals surface area contributed by atoms with E-state index in [1.807, 2.05) is 0 Å². The van der Waals surface area contributed by atoms with E-state index in [-0.39, 0.29) is 55.4 Å². The van der Waals surface area contributed by atoms with Crippen molar-refractivity contribution in [2.75, 3.05) is 39.9 Å². The molecule has 2 heterocycles. The van der Waals surface area contributed by atoms with Crippen molar-refractivity contribution in [3.8, 4) is 0 Å². The number of aliphatic hydroxyl groups is 4. The minimum atomic E-state index is -2.23. The fourth-order valence-corrected chi connectivity index (χ4v) is 10.2. The minimum Gasteiger partial charge on any atom is -0.491 e. The maximum atomic E-state index is 14.1. The molecule has 0 spiro atoms. The maximum absolute atomic E-state index is 14.1. The lowest BCUT2D eigenvalue weighted by Crippen LogP contribution is -2.71. The molecule has 2 aliphatic heterocycles. The second-order valence-corrected chi connectivity index (χ2v) is 30.4. The van der Waals surface area contributed by atoms with Crippen LogP contribution >= 0.6 is 0 Å². The number of nitrogens with one attached hydrogen (secondary N) is 5. The molecule has 26 nitrogen and oxygen atoms in total. The highest BCUT2D eigenvalue weighted by molar-refractivity contribution is 6.74. The molecule has 1 aliphatic carbocycles. The van der Waals surface area contributed by atoms with Crippen molar-refractivity contribution >= 4 is 44.3 Å². The van der Waals surface area contributed by atoms with Crippen LogP contribution < -0.4 is 26.6 Å². The molecular weight excluding hydrogens is 1080 g/mol. The lowest BCUT2D eigenvalue weighted by atomic mass is 9.72. The van der Waals surface area contributed by atoms with Gasteiger partial charge in [-0.2, -0.15) is 0 Å². The number of carbonyl (C=O) groups excluding carboxylic acids is 5. The van der Waals surface area contributed by atoms with Crippen LogP contribution in [0.25, 0.3) is 0 Å². The summed E-state index contributed by atoms with van der Waals surface area (Å²) in [7, 11) is -0.906. The van der Waals surface area contributed by atoms with E-state index in [0.29, 0.717) is 18.7 Å². The summed E-state index contributed by atoms with van der Waals surface area (Å²) in [5.74, 6) is -1.95. The zero-order chi connectivity index (χ0) is 61.2. The van der Waals surface area contributed by atoms with Crippen molar-refractivity contribution in [1.82, 2.24) is 31.5 Å². The molecule has 1 saturated carbocycles. The molecule has 3 aliphatic rings. The largest absolute Gasteiger partial charge is 0.491 e. The van der Waals surface area contributed by atoms with Crippen molar-refractivity contribution in [2.45, 2.75) is 217 Å². The first-order valence-electron chi connectivity index (χ1n) is 27.3. The van der Waals surface area contributed by atoms with E-state index in [0.717, 1.165) is 4.90 Å². The summed E-state index contributed by atoms with van der Waals surface area (Å²) in [6.07, 6.45) is -11.8. The Morgan fingerprint density at radius 3 is 2.02 bits per heavy atom. The summed E-state index contributed by atoms with van der Waals surface area (Å²) in [4.78, 5) is 78.6. The number of amides is 5. The van der Waals surface area contributed by atoms with Gasteiger partial charge < -0.3 is 89.5 Å². The first kappa shape index (κ1) is 68.1. The highest BCUT2D eigenvalue weighted by Crippen LogP contribution is 2.40. The monoisotopic (exact) mass is 1170 g/mol. The Balaban J connectivity index is 1.78. The van der Waals surface area contributed by atoms with E-state index in [9.17, 15) is 54.5 Å². The van der Waals surface area contributed by atoms with Crippen LogP contribution in [0.5, 0.6) is 0 Å². The van der Waals surface area contributed by atoms with Crippen LogP contribution in [0.1, 0.15) is 115 Å². The van der Waals surface area contributed by atoms with E-state index in [1.54, 1.807) is 68.4 Å². The third-order valence-corrected chi connectivity index (χ3v) is 18.6. The van der Waals surface area contributed by atoms with Crippen LogP contribution in [0.4, 0.5) is 24.9 Å². The third-order valence-electron chi connectivity index (χ3n) is 14.1. The number of hydrogen-bond donors (Lipinski definition) is 9. The average molecular weight is 1170 g/mol. The van der Waals surface area contributed by atoms with Gasteiger partial charge in [0.25, 0.3) is 5.69 Å². The predicted molar refractivity (Wildman–Crippen MR) is 297 cm³/mol. The SMILES string of the molecule is CN(C(=O)OC(C)(C)C)[C@@H]1[C@@H](O)[C@@H](O[C@@H]2[C@@H](O)[C@H](C3OC(CNC(=O)OCc4ccc([N+](=O)[O-])cc4)=CC[C@H]3NCCO[Si](C)(C)C(C)(C)C)[C@@H](NC(=O)OC(C)(C)C)C[C@H]2NC(=O)[C@@H](O)CCNC(=O)OC(C)(C)C)OC[C@]1(C)O. The predicted octanol–water partition coefficient (Wildman–Crippen LogP) is 4.60. The molecule has 0 aromatic heterocycles. The van der Waals surface area contributed by atoms with Gasteiger partial charge >= 0.3 is 24.4 Å². The van der Waals surface area contributed by atoms with Crippen molar-refractivity contribution in [2.24, 2.45) is 5.92 Å². The Hall–Kier alpha value is -5.39. The number of ether oxygens (including phenoxy) is 7. The van der Waals surface area contributed by atoms with E-state index in [1.165, 1.54) is 38.2 Å². The Bertz CT molecular complexity index is 2330. The molecule has 1 unspecified atom stereocenters. The summed E-state index contributed by atoms with van der Waals surface area (Å²) < 4.78 is 47.7. The number of nitrogens with zero attached hydrogens (tertiary/aromatic N) is 2. The normalized spacial score (nSPS) is 26.8. The maximum Gasteiger partial charge on any atom is 0.410 e. The molecule has 81 heavy (non-hydrogen) atoms. The van der Waals surface area contributed by atoms with Crippen molar-refractivity contribution in [3.63, 3.8) is 0 Å². The number of hydrogen-bond acceptors (Lipinski definition) is 20. The number of rotatable bonds is 20. The van der Waals surface area contributed by atoms with Crippen molar-refractivity contribution in [3.05, 3.63) is 51.8 Å². The summed E-state index contributed by atoms with van der Waals surface area (Å²) in [6.45, 7) is 26.3. The number of benzene rings is 1. The lowest BCUT2D eigenvalue weighted by molar-refractivity contribution is -0.384. The molecule has 27 heteroatoms. The standard InChI is InChI=1S/C54H91N7O19Si/c1-50(2,3)78-47(67)56-24-23-37(62)44(65)58-36-27-35(59-48(68)79-51(4,5)6)38(39(63)42(36)77-45-40(64)43(54(13,70)30-74-45)60(14)49(69)80-52(7,8)9)41-34(55-25-26-75-81(15,16)53(10,11)12)22-21-33(76-41)28-57-46(66)73-29-31-17-19-32(20-18-31)61(71)72/h17-21,34-43,45,55,62-64,70H,22-30H2,1-16H3,(H,56,67)(H,57,66)(H,58,65)(H,59,68)/t34-,35+,36-,37+,38-,39+,40-,41?,42+,43-,45-,54+/m1/s1. The fourth-order valence-electron chi connectivity index (χ4n) is 9.17. The van der Waals surface area contributed by atoms with Gasteiger partial charge in [0, 0.05) is 56.9 Å². The Morgan fingerprint density at radius 2 is 1.44 bits per heavy atom. The zero-order valence-electron chi connectivity index (χ0n) is 49.9. The molecule has 2 fully saturated rings. The van der Waals surface area contributed by atoms with Crippen molar-refractivity contribution in [1.29, 1.82) is 0 Å². The third kappa shape index (κ3) is 20.8. The number of non-ortho nitro benzene ring substituents is 1.